The molecule has 1 amide bonds. The summed E-state index contributed by atoms with van der Waals surface area (Å²) in [5.74, 6) is -0.130. The Morgan fingerprint density at radius 2 is 2.10 bits per heavy atom. The highest BCUT2D eigenvalue weighted by molar-refractivity contribution is 9.11. The summed E-state index contributed by atoms with van der Waals surface area (Å²) >= 11 is 11.0. The molecule has 0 aliphatic heterocycles. The third-order valence-corrected chi connectivity index (χ3v) is 5.20. The number of thiophene rings is 1. The van der Waals surface area contributed by atoms with Gasteiger partial charge in [-0.1, -0.05) is 17.7 Å². The molecule has 6 heteroatoms. The van der Waals surface area contributed by atoms with Crippen LogP contribution in [0.4, 0.5) is 11.4 Å². The molecule has 1 N–H and O–H groups in total. The Hall–Kier alpha value is -1.04. The molecule has 0 aliphatic rings. The Balaban J connectivity index is 2.30. The van der Waals surface area contributed by atoms with Crippen molar-refractivity contribution in [3.63, 3.8) is 0 Å². The van der Waals surface area contributed by atoms with Crippen molar-refractivity contribution in [1.29, 1.82) is 0 Å². The summed E-state index contributed by atoms with van der Waals surface area (Å²) in [4.78, 5) is 14.8. The lowest BCUT2D eigenvalue weighted by atomic mass is 10.2. The van der Waals surface area contributed by atoms with Crippen LogP contribution in [0, 0.1) is 6.92 Å². The van der Waals surface area contributed by atoms with Gasteiger partial charge in [0.1, 0.15) is 0 Å². The number of carbonyl (C=O) groups is 1. The Morgan fingerprint density at radius 3 is 2.65 bits per heavy atom. The van der Waals surface area contributed by atoms with Gasteiger partial charge >= 0.3 is 0 Å². The fourth-order valence-corrected chi connectivity index (χ4v) is 3.60. The van der Waals surface area contributed by atoms with E-state index in [1.54, 1.807) is 6.07 Å². The number of carbonyl (C=O) groups excluding carboxylic acids is 1. The number of nitrogens with zero attached hydrogens (tertiary/aromatic N) is 1. The van der Waals surface area contributed by atoms with Crippen LogP contribution < -0.4 is 10.2 Å². The minimum atomic E-state index is -0.130. The van der Waals surface area contributed by atoms with Crippen molar-refractivity contribution in [2.75, 3.05) is 24.3 Å². The molecule has 106 valence electrons. The quantitative estimate of drug-likeness (QED) is 0.839. The molecule has 0 saturated heterocycles. The average molecular weight is 374 g/mol. The second-order valence-corrected chi connectivity index (χ2v) is 7.33. The van der Waals surface area contributed by atoms with Gasteiger partial charge in [-0.2, -0.15) is 0 Å². The normalized spacial score (nSPS) is 10.4. The zero-order valence-electron chi connectivity index (χ0n) is 11.3. The van der Waals surface area contributed by atoms with Gasteiger partial charge in [-0.15, -0.1) is 11.3 Å². The van der Waals surface area contributed by atoms with Crippen molar-refractivity contribution in [3.8, 4) is 0 Å². The van der Waals surface area contributed by atoms with Gasteiger partial charge in [0, 0.05) is 14.1 Å². The highest BCUT2D eigenvalue weighted by Gasteiger charge is 2.15. The van der Waals surface area contributed by atoms with E-state index in [1.165, 1.54) is 11.3 Å². The van der Waals surface area contributed by atoms with Gasteiger partial charge < -0.3 is 10.2 Å². The predicted octanol–water partition coefficient (Wildman–Crippen LogP) is 4.79. The average Bonchev–Trinajstić information content (AvgIpc) is 2.69. The van der Waals surface area contributed by atoms with E-state index < -0.39 is 0 Å². The maximum absolute atomic E-state index is 12.3. The lowest BCUT2D eigenvalue weighted by Crippen LogP contribution is -2.16. The lowest BCUT2D eigenvalue weighted by Gasteiger charge is -2.19. The molecule has 0 bridgehead atoms. The number of anilines is 2. The van der Waals surface area contributed by atoms with E-state index in [-0.39, 0.29) is 5.91 Å². The van der Waals surface area contributed by atoms with Crippen molar-refractivity contribution in [2.45, 2.75) is 6.92 Å². The minimum Gasteiger partial charge on any atom is -0.375 e. The largest absolute Gasteiger partial charge is 0.375 e. The Labute approximate surface area is 135 Å². The molecule has 2 aromatic rings. The van der Waals surface area contributed by atoms with Crippen molar-refractivity contribution < 1.29 is 4.79 Å². The fraction of sp³-hybridized carbons (Fsp3) is 0.214. The summed E-state index contributed by atoms with van der Waals surface area (Å²) in [6.45, 7) is 1.96. The number of hydrogen-bond donors (Lipinski definition) is 1. The Morgan fingerprint density at radius 1 is 1.40 bits per heavy atom. The minimum absolute atomic E-state index is 0.130. The van der Waals surface area contributed by atoms with E-state index in [1.807, 2.05) is 44.1 Å². The number of aryl methyl sites for hydroxylation is 1. The van der Waals surface area contributed by atoms with Crippen molar-refractivity contribution in [2.24, 2.45) is 0 Å². The number of para-hydroxylation sites is 1. The molecule has 0 fully saturated rings. The molecule has 0 saturated carbocycles. The highest BCUT2D eigenvalue weighted by Crippen LogP contribution is 2.34. The van der Waals surface area contributed by atoms with Gasteiger partial charge in [0.05, 0.1) is 25.1 Å². The van der Waals surface area contributed by atoms with Crippen LogP contribution in [0.15, 0.2) is 28.1 Å². The second-order valence-electron chi connectivity index (χ2n) is 4.55. The van der Waals surface area contributed by atoms with E-state index in [9.17, 15) is 4.79 Å². The van der Waals surface area contributed by atoms with Crippen LogP contribution in [0.3, 0.4) is 0 Å². The van der Waals surface area contributed by atoms with Crippen LogP contribution in [0.5, 0.6) is 0 Å². The smallest absolute Gasteiger partial charge is 0.265 e. The van der Waals surface area contributed by atoms with Gasteiger partial charge in [-0.25, -0.2) is 0 Å². The summed E-state index contributed by atoms with van der Waals surface area (Å²) in [6, 6.07) is 7.33. The fourth-order valence-electron chi connectivity index (χ4n) is 1.83. The van der Waals surface area contributed by atoms with Crippen LogP contribution in [0.25, 0.3) is 0 Å². The molecule has 3 nitrogen and oxygen atoms in total. The molecule has 0 aliphatic carbocycles. The van der Waals surface area contributed by atoms with Crippen molar-refractivity contribution in [1.82, 2.24) is 0 Å². The van der Waals surface area contributed by atoms with Crippen LogP contribution in [0.2, 0.25) is 5.02 Å². The van der Waals surface area contributed by atoms with Crippen LogP contribution in [-0.4, -0.2) is 20.0 Å². The molecule has 1 aromatic carbocycles. The number of benzene rings is 1. The first-order chi connectivity index (χ1) is 9.40. The molecule has 0 radical (unpaired) electrons. The Bertz CT molecular complexity index is 635. The number of halogens is 2. The molecular weight excluding hydrogens is 360 g/mol. The summed E-state index contributed by atoms with van der Waals surface area (Å²) in [6.07, 6.45) is 0. The van der Waals surface area contributed by atoms with E-state index in [0.29, 0.717) is 15.6 Å². The topological polar surface area (TPSA) is 32.3 Å². The lowest BCUT2D eigenvalue weighted by molar-refractivity contribution is 0.103. The Kier molecular flexibility index (Phi) is 4.73. The van der Waals surface area contributed by atoms with Gasteiger partial charge in [-0.05, 0) is 46.6 Å². The molecule has 0 unspecified atom stereocenters. The third-order valence-electron chi connectivity index (χ3n) is 2.76. The van der Waals surface area contributed by atoms with Crippen LogP contribution >= 0.6 is 38.9 Å². The maximum Gasteiger partial charge on any atom is 0.265 e. The zero-order chi connectivity index (χ0) is 14.9. The van der Waals surface area contributed by atoms with Crippen molar-refractivity contribution >= 4 is 56.1 Å². The zero-order valence-corrected chi connectivity index (χ0v) is 14.5. The summed E-state index contributed by atoms with van der Waals surface area (Å²) in [7, 11) is 3.78. The molecule has 0 spiro atoms. The molecule has 1 aromatic heterocycles. The number of amides is 1. The second kappa shape index (κ2) is 6.16. The molecular formula is C14H14BrClN2OS. The number of rotatable bonds is 3. The van der Waals surface area contributed by atoms with Crippen LogP contribution in [-0.2, 0) is 0 Å². The van der Waals surface area contributed by atoms with Crippen LogP contribution in [0.1, 0.15) is 15.2 Å². The SMILES string of the molecule is Cc1cc(C(=O)Nc2cccc(Cl)c2N(C)C)sc1Br. The molecule has 2 rings (SSSR count). The first kappa shape index (κ1) is 15.4. The van der Waals surface area contributed by atoms with Gasteiger partial charge in [0.15, 0.2) is 0 Å². The van der Waals surface area contributed by atoms with Gasteiger partial charge in [0.25, 0.3) is 5.91 Å². The van der Waals surface area contributed by atoms with E-state index >= 15 is 0 Å². The van der Waals surface area contributed by atoms with E-state index in [0.717, 1.165) is 15.0 Å². The van der Waals surface area contributed by atoms with E-state index in [4.69, 9.17) is 11.6 Å². The van der Waals surface area contributed by atoms with E-state index in [2.05, 4.69) is 21.2 Å². The molecule has 0 atom stereocenters. The molecule has 20 heavy (non-hydrogen) atoms. The van der Waals surface area contributed by atoms with Crippen molar-refractivity contribution in [3.05, 3.63) is 43.5 Å². The monoisotopic (exact) mass is 372 g/mol. The third kappa shape index (κ3) is 3.16. The summed E-state index contributed by atoms with van der Waals surface area (Å²) < 4.78 is 0.974. The van der Waals surface area contributed by atoms with Gasteiger partial charge in [0.2, 0.25) is 0 Å². The summed E-state index contributed by atoms with van der Waals surface area (Å²) in [5.41, 5.74) is 2.56. The standard InChI is InChI=1S/C14H14BrClN2OS/c1-8-7-11(20-13(8)15)14(19)17-10-6-4-5-9(16)12(10)18(2)3/h4-7H,1-3H3,(H,17,19). The van der Waals surface area contributed by atoms with Gasteiger partial charge in [-0.3, -0.25) is 4.79 Å². The first-order valence-electron chi connectivity index (χ1n) is 5.93. The maximum atomic E-state index is 12.3. The first-order valence-corrected chi connectivity index (χ1v) is 7.92. The number of nitrogens with one attached hydrogen (secondary N) is 1. The molecule has 1 heterocycles. The highest BCUT2D eigenvalue weighted by atomic mass is 79.9. The summed E-state index contributed by atoms with van der Waals surface area (Å²) in [5, 5.41) is 3.52. The number of hydrogen-bond acceptors (Lipinski definition) is 3. The predicted molar refractivity (Wildman–Crippen MR) is 90.5 cm³/mol.